The Morgan fingerprint density at radius 2 is 1.22 bits per heavy atom. The lowest BCUT2D eigenvalue weighted by Gasteiger charge is -2.07. The van der Waals surface area contributed by atoms with Crippen molar-refractivity contribution < 1.29 is 17.8 Å². The highest BCUT2D eigenvalue weighted by atomic mass is 19.1. The van der Waals surface area contributed by atoms with Gasteiger partial charge in [-0.1, -0.05) is 66.7 Å². The Labute approximate surface area is 208 Å². The maximum atomic E-state index is 15.3. The zero-order chi connectivity index (χ0) is 25.0. The topological polar surface area (TPSA) is 17.0 Å². The second kappa shape index (κ2) is 8.42. The monoisotopic (exact) mass is 476 g/mol. The van der Waals surface area contributed by atoms with Gasteiger partial charge in [0.2, 0.25) is 5.69 Å². The number of pyridine rings is 1. The van der Waals surface area contributed by atoms with Crippen LogP contribution < -0.4 is 4.57 Å². The Morgan fingerprint density at radius 1 is 0.611 bits per heavy atom. The third-order valence-corrected chi connectivity index (χ3v) is 6.91. The van der Waals surface area contributed by atoms with Gasteiger partial charge in [-0.05, 0) is 48.2 Å². The molecule has 36 heavy (non-hydrogen) atoms. The molecule has 0 saturated carbocycles. The van der Waals surface area contributed by atoms with Crippen LogP contribution in [0.1, 0.15) is 11.1 Å². The average Bonchev–Trinajstić information content (AvgIpc) is 3.25. The van der Waals surface area contributed by atoms with Gasteiger partial charge >= 0.3 is 0 Å². The zero-order valence-electron chi connectivity index (χ0n) is 20.3. The van der Waals surface area contributed by atoms with E-state index in [2.05, 4.69) is 0 Å². The van der Waals surface area contributed by atoms with E-state index in [-0.39, 0.29) is 11.6 Å². The van der Waals surface area contributed by atoms with Crippen molar-refractivity contribution in [3.05, 3.63) is 114 Å². The summed E-state index contributed by atoms with van der Waals surface area (Å²) in [6.07, 6.45) is 1.77. The van der Waals surface area contributed by atoms with Gasteiger partial charge in [0.05, 0.1) is 11.1 Å². The first kappa shape index (κ1) is 22.2. The first-order valence-electron chi connectivity index (χ1n) is 11.9. The molecule has 0 fully saturated rings. The van der Waals surface area contributed by atoms with Crippen molar-refractivity contribution in [1.29, 1.82) is 0 Å². The summed E-state index contributed by atoms with van der Waals surface area (Å²) in [5, 5.41) is 1.69. The molecular formula is C32H24F2NO+. The second-order valence-electron chi connectivity index (χ2n) is 9.28. The van der Waals surface area contributed by atoms with Gasteiger partial charge in [-0.3, -0.25) is 0 Å². The minimum absolute atomic E-state index is 0.277. The molecule has 4 heteroatoms. The van der Waals surface area contributed by atoms with Crippen LogP contribution in [0.2, 0.25) is 0 Å². The van der Waals surface area contributed by atoms with Crippen molar-refractivity contribution in [2.24, 2.45) is 7.05 Å². The van der Waals surface area contributed by atoms with E-state index >= 15 is 4.39 Å². The number of nitrogens with zero attached hydrogens (tertiary/aromatic N) is 1. The van der Waals surface area contributed by atoms with Crippen molar-refractivity contribution in [1.82, 2.24) is 0 Å². The first-order valence-corrected chi connectivity index (χ1v) is 11.9. The minimum atomic E-state index is -0.348. The highest BCUT2D eigenvalue weighted by Crippen LogP contribution is 2.42. The molecule has 0 aliphatic rings. The van der Waals surface area contributed by atoms with Gasteiger partial charge in [0.15, 0.2) is 6.20 Å². The number of aryl methyl sites for hydroxylation is 3. The number of rotatable bonds is 3. The lowest BCUT2D eigenvalue weighted by Crippen LogP contribution is -2.31. The van der Waals surface area contributed by atoms with Crippen molar-refractivity contribution in [2.45, 2.75) is 13.8 Å². The van der Waals surface area contributed by atoms with Crippen LogP contribution in [0.4, 0.5) is 8.78 Å². The van der Waals surface area contributed by atoms with Gasteiger partial charge in [0, 0.05) is 22.4 Å². The molecule has 6 rings (SSSR count). The highest BCUT2D eigenvalue weighted by molar-refractivity contribution is 6.13. The van der Waals surface area contributed by atoms with Crippen LogP contribution in [0.25, 0.3) is 55.4 Å². The highest BCUT2D eigenvalue weighted by Gasteiger charge is 2.24. The number of benzene rings is 4. The molecule has 0 atom stereocenters. The maximum Gasteiger partial charge on any atom is 0.219 e. The number of aromatic nitrogens is 1. The van der Waals surface area contributed by atoms with E-state index in [9.17, 15) is 4.39 Å². The van der Waals surface area contributed by atoms with E-state index in [4.69, 9.17) is 4.42 Å². The molecule has 2 aromatic heterocycles. The molecule has 0 radical (unpaired) electrons. The summed E-state index contributed by atoms with van der Waals surface area (Å²) in [7, 11) is 1.89. The predicted octanol–water partition coefficient (Wildman–Crippen LogP) is 8.31. The molecule has 6 aromatic rings. The first-order chi connectivity index (χ1) is 17.4. The number of fused-ring (bicyclic) bond motifs is 3. The van der Waals surface area contributed by atoms with Gasteiger partial charge in [0.1, 0.15) is 29.8 Å². The third kappa shape index (κ3) is 3.49. The van der Waals surface area contributed by atoms with E-state index in [1.54, 1.807) is 19.2 Å². The van der Waals surface area contributed by atoms with Gasteiger partial charge in [-0.15, -0.1) is 0 Å². The van der Waals surface area contributed by atoms with Crippen molar-refractivity contribution in [2.75, 3.05) is 0 Å². The molecule has 0 spiro atoms. The number of furan rings is 1. The van der Waals surface area contributed by atoms with E-state index in [1.165, 1.54) is 12.1 Å². The lowest BCUT2D eigenvalue weighted by molar-refractivity contribution is -0.661. The normalized spacial score (nSPS) is 11.5. The Kier molecular flexibility index (Phi) is 5.18. The fraction of sp³-hybridized carbons (Fsp3) is 0.0938. The zero-order valence-corrected chi connectivity index (χ0v) is 20.3. The van der Waals surface area contributed by atoms with Crippen LogP contribution in [0.15, 0.2) is 95.5 Å². The SMILES string of the molecule is Cc1c[n+](C)c(-c2c(C)ccc3c2oc2c(-c4ccc(-c5ccccc5)cc4)c(F)ccc23)cc1F. The lowest BCUT2D eigenvalue weighted by atomic mass is 9.97. The molecule has 0 amide bonds. The molecule has 0 bridgehead atoms. The molecule has 0 unspecified atom stereocenters. The number of halogens is 2. The number of hydrogen-bond acceptors (Lipinski definition) is 1. The largest absolute Gasteiger partial charge is 0.454 e. The molecule has 0 aliphatic heterocycles. The second-order valence-corrected chi connectivity index (χ2v) is 9.28. The smallest absolute Gasteiger partial charge is 0.219 e. The standard InChI is InChI=1S/C32H24F2NO/c1-19-9-14-24-25-15-16-26(33)30(23-12-10-22(11-13-23)21-7-5-4-6-8-21)32(25)36-31(24)29(19)28-17-27(34)20(2)18-35(28)3/h4-18H,1-3H3/q+1. The summed E-state index contributed by atoms with van der Waals surface area (Å²) >= 11 is 0. The van der Waals surface area contributed by atoms with Crippen LogP contribution in [-0.4, -0.2) is 0 Å². The van der Waals surface area contributed by atoms with Crippen molar-refractivity contribution >= 4 is 21.9 Å². The fourth-order valence-corrected chi connectivity index (χ4v) is 5.03. The molecule has 0 N–H and O–H groups in total. The molecule has 2 heterocycles. The van der Waals surface area contributed by atoms with E-state index in [0.29, 0.717) is 28.0 Å². The van der Waals surface area contributed by atoms with Crippen LogP contribution in [0.5, 0.6) is 0 Å². The molecular weight excluding hydrogens is 452 g/mol. The summed E-state index contributed by atoms with van der Waals surface area (Å²) in [4.78, 5) is 0. The Morgan fingerprint density at radius 3 is 1.94 bits per heavy atom. The molecule has 4 aromatic carbocycles. The van der Waals surface area contributed by atoms with Gasteiger partial charge < -0.3 is 4.42 Å². The molecule has 0 aliphatic carbocycles. The van der Waals surface area contributed by atoms with Crippen LogP contribution in [-0.2, 0) is 7.05 Å². The fourth-order valence-electron chi connectivity index (χ4n) is 5.03. The third-order valence-electron chi connectivity index (χ3n) is 6.91. The quantitative estimate of drug-likeness (QED) is 0.235. The Hall–Kier alpha value is -4.31. The Bertz CT molecular complexity index is 1770. The summed E-state index contributed by atoms with van der Waals surface area (Å²) < 4.78 is 38.2. The molecule has 0 saturated heterocycles. The Balaban J connectivity index is 1.59. The average molecular weight is 477 g/mol. The van der Waals surface area contributed by atoms with Crippen LogP contribution in [0, 0.1) is 25.5 Å². The minimum Gasteiger partial charge on any atom is -0.454 e. The molecule has 2 nitrogen and oxygen atoms in total. The summed E-state index contributed by atoms with van der Waals surface area (Å²) in [6.45, 7) is 3.72. The maximum absolute atomic E-state index is 15.3. The van der Waals surface area contributed by atoms with Crippen LogP contribution in [0.3, 0.4) is 0 Å². The van der Waals surface area contributed by atoms with E-state index < -0.39 is 0 Å². The summed E-state index contributed by atoms with van der Waals surface area (Å²) in [6, 6.07) is 26.7. The van der Waals surface area contributed by atoms with E-state index in [0.717, 1.165) is 38.6 Å². The molecule has 176 valence electrons. The number of hydrogen-bond donors (Lipinski definition) is 0. The van der Waals surface area contributed by atoms with Crippen molar-refractivity contribution in [3.8, 4) is 33.5 Å². The summed E-state index contributed by atoms with van der Waals surface area (Å²) in [5.74, 6) is -0.625. The van der Waals surface area contributed by atoms with E-state index in [1.807, 2.05) is 85.3 Å². The van der Waals surface area contributed by atoms with Gasteiger partial charge in [0.25, 0.3) is 0 Å². The predicted molar refractivity (Wildman–Crippen MR) is 141 cm³/mol. The van der Waals surface area contributed by atoms with Gasteiger partial charge in [-0.2, -0.15) is 0 Å². The van der Waals surface area contributed by atoms with Gasteiger partial charge in [-0.25, -0.2) is 13.3 Å². The van der Waals surface area contributed by atoms with Crippen LogP contribution >= 0.6 is 0 Å². The van der Waals surface area contributed by atoms with Crippen molar-refractivity contribution in [3.63, 3.8) is 0 Å². The summed E-state index contributed by atoms with van der Waals surface area (Å²) in [5.41, 5.74) is 7.46.